The summed E-state index contributed by atoms with van der Waals surface area (Å²) in [4.78, 5) is 2.49. The van der Waals surface area contributed by atoms with Gasteiger partial charge < -0.3 is 0 Å². The quantitative estimate of drug-likeness (QED) is 0.509. The fourth-order valence-electron chi connectivity index (χ4n) is 1.92. The Hall–Kier alpha value is -0.480. The minimum absolute atomic E-state index is 1.00. The van der Waals surface area contributed by atoms with Crippen molar-refractivity contribution >= 4 is 0 Å². The summed E-state index contributed by atoms with van der Waals surface area (Å²) in [5.41, 5.74) is 0. The summed E-state index contributed by atoms with van der Waals surface area (Å²) in [6.07, 6.45) is 2.50. The van der Waals surface area contributed by atoms with Gasteiger partial charge in [0.05, 0.1) is 6.54 Å². The molecule has 1 saturated heterocycles. The molecule has 1 saturated carbocycles. The Balaban J connectivity index is 1.72. The molecule has 0 aromatic rings. The van der Waals surface area contributed by atoms with E-state index in [0.717, 1.165) is 24.8 Å². The first-order valence-corrected chi connectivity index (χ1v) is 4.58. The number of hydrogen-bond donors (Lipinski definition) is 0. The third-order valence-corrected chi connectivity index (χ3v) is 2.66. The molecule has 0 bridgehead atoms. The minimum atomic E-state index is 1.00. The summed E-state index contributed by atoms with van der Waals surface area (Å²) < 4.78 is 0. The highest BCUT2D eigenvalue weighted by atomic mass is 15.2. The molecule has 60 valence electrons. The van der Waals surface area contributed by atoms with E-state index in [0.29, 0.717) is 0 Å². The van der Waals surface area contributed by atoms with Crippen molar-refractivity contribution in [2.75, 3.05) is 19.6 Å². The lowest BCUT2D eigenvalue weighted by Gasteiger charge is -2.12. The first-order chi connectivity index (χ1) is 5.40. The van der Waals surface area contributed by atoms with Gasteiger partial charge in [0.2, 0.25) is 0 Å². The van der Waals surface area contributed by atoms with Crippen molar-refractivity contribution in [1.82, 2.24) is 4.90 Å². The second-order valence-electron chi connectivity index (χ2n) is 3.66. The Bertz CT molecular complexity index is 189. The van der Waals surface area contributed by atoms with Gasteiger partial charge in [-0.15, -0.1) is 5.92 Å². The van der Waals surface area contributed by atoms with Gasteiger partial charge in [0, 0.05) is 19.5 Å². The van der Waals surface area contributed by atoms with Crippen LogP contribution in [-0.4, -0.2) is 24.5 Å². The molecule has 0 radical (unpaired) electrons. The van der Waals surface area contributed by atoms with Crippen molar-refractivity contribution in [1.29, 1.82) is 0 Å². The van der Waals surface area contributed by atoms with Crippen LogP contribution in [-0.2, 0) is 0 Å². The molecule has 0 N–H and O–H groups in total. The Kier molecular flexibility index (Phi) is 1.87. The van der Waals surface area contributed by atoms with E-state index in [1.165, 1.54) is 19.5 Å². The van der Waals surface area contributed by atoms with Gasteiger partial charge in [-0.3, -0.25) is 4.90 Å². The van der Waals surface area contributed by atoms with Crippen molar-refractivity contribution in [3.63, 3.8) is 0 Å². The standard InChI is InChI=1S/C10H15N/c1-2-3-4-5-11-7-9-6-10(9)8-11/h9-10H,2,5-8H2,1H3. The maximum Gasteiger partial charge on any atom is 0.0601 e. The molecular formula is C10H15N. The van der Waals surface area contributed by atoms with Gasteiger partial charge in [0.25, 0.3) is 0 Å². The Morgan fingerprint density at radius 2 is 2.00 bits per heavy atom. The molecule has 2 fully saturated rings. The number of rotatable bonds is 1. The van der Waals surface area contributed by atoms with E-state index in [4.69, 9.17) is 0 Å². The smallest absolute Gasteiger partial charge is 0.0601 e. The van der Waals surface area contributed by atoms with Gasteiger partial charge in [-0.1, -0.05) is 12.8 Å². The van der Waals surface area contributed by atoms with Crippen molar-refractivity contribution in [3.05, 3.63) is 0 Å². The van der Waals surface area contributed by atoms with E-state index in [2.05, 4.69) is 23.7 Å². The highest BCUT2D eigenvalue weighted by Crippen LogP contribution is 2.44. The van der Waals surface area contributed by atoms with Crippen LogP contribution in [0.3, 0.4) is 0 Å². The van der Waals surface area contributed by atoms with Crippen LogP contribution in [0.4, 0.5) is 0 Å². The fraction of sp³-hybridized carbons (Fsp3) is 0.800. The predicted octanol–water partition coefficient (Wildman–Crippen LogP) is 1.35. The third kappa shape index (κ3) is 1.57. The zero-order chi connectivity index (χ0) is 7.68. The zero-order valence-electron chi connectivity index (χ0n) is 7.14. The normalized spacial score (nSPS) is 34.3. The predicted molar refractivity (Wildman–Crippen MR) is 46.1 cm³/mol. The van der Waals surface area contributed by atoms with Crippen LogP contribution in [0.25, 0.3) is 0 Å². The summed E-state index contributed by atoms with van der Waals surface area (Å²) in [5.74, 6) is 8.42. The molecule has 0 aromatic heterocycles. The van der Waals surface area contributed by atoms with Crippen molar-refractivity contribution in [2.45, 2.75) is 19.8 Å². The maximum absolute atomic E-state index is 3.19. The molecule has 0 aromatic carbocycles. The van der Waals surface area contributed by atoms with Crippen LogP contribution in [0.1, 0.15) is 19.8 Å². The molecule has 2 unspecified atom stereocenters. The minimum Gasteiger partial charge on any atom is -0.292 e. The van der Waals surface area contributed by atoms with E-state index >= 15 is 0 Å². The number of fused-ring (bicyclic) bond motifs is 1. The molecule has 0 amide bonds. The first kappa shape index (κ1) is 7.18. The highest BCUT2D eigenvalue weighted by molar-refractivity contribution is 5.04. The Labute approximate surface area is 68.8 Å². The average molecular weight is 149 g/mol. The number of likely N-dealkylation sites (tertiary alicyclic amines) is 1. The highest BCUT2D eigenvalue weighted by Gasteiger charge is 2.44. The summed E-state index contributed by atoms with van der Waals surface area (Å²) in [5, 5.41) is 0. The SMILES string of the molecule is CCC#CCN1CC2CC2C1. The lowest BCUT2D eigenvalue weighted by molar-refractivity contribution is 0.343. The summed E-state index contributed by atoms with van der Waals surface area (Å²) in [6, 6.07) is 0. The molecule has 2 rings (SSSR count). The fourth-order valence-corrected chi connectivity index (χ4v) is 1.92. The molecule has 1 aliphatic heterocycles. The number of hydrogen-bond acceptors (Lipinski definition) is 1. The average Bonchev–Trinajstić information content (AvgIpc) is 2.61. The molecular weight excluding hydrogens is 134 g/mol. The third-order valence-electron chi connectivity index (χ3n) is 2.66. The van der Waals surface area contributed by atoms with Crippen molar-refractivity contribution < 1.29 is 0 Å². The van der Waals surface area contributed by atoms with Gasteiger partial charge in [-0.05, 0) is 18.3 Å². The van der Waals surface area contributed by atoms with Crippen LogP contribution in [0.5, 0.6) is 0 Å². The molecule has 0 spiro atoms. The number of piperidine rings is 1. The van der Waals surface area contributed by atoms with Crippen molar-refractivity contribution in [2.24, 2.45) is 11.8 Å². The van der Waals surface area contributed by atoms with Crippen LogP contribution < -0.4 is 0 Å². The van der Waals surface area contributed by atoms with Gasteiger partial charge in [0.15, 0.2) is 0 Å². The van der Waals surface area contributed by atoms with Gasteiger partial charge in [-0.2, -0.15) is 0 Å². The van der Waals surface area contributed by atoms with Gasteiger partial charge >= 0.3 is 0 Å². The Morgan fingerprint density at radius 3 is 2.64 bits per heavy atom. The van der Waals surface area contributed by atoms with E-state index in [9.17, 15) is 0 Å². The number of nitrogens with zero attached hydrogens (tertiary/aromatic N) is 1. The van der Waals surface area contributed by atoms with Crippen LogP contribution in [0.15, 0.2) is 0 Å². The van der Waals surface area contributed by atoms with Crippen LogP contribution in [0, 0.1) is 23.7 Å². The van der Waals surface area contributed by atoms with E-state index in [1.807, 2.05) is 0 Å². The second-order valence-corrected chi connectivity index (χ2v) is 3.66. The van der Waals surface area contributed by atoms with Crippen molar-refractivity contribution in [3.8, 4) is 11.8 Å². The monoisotopic (exact) mass is 149 g/mol. The Morgan fingerprint density at radius 1 is 1.27 bits per heavy atom. The largest absolute Gasteiger partial charge is 0.292 e. The molecule has 1 heterocycles. The maximum atomic E-state index is 3.19. The van der Waals surface area contributed by atoms with E-state index < -0.39 is 0 Å². The lowest BCUT2D eigenvalue weighted by Crippen LogP contribution is -2.22. The molecule has 1 heteroatoms. The van der Waals surface area contributed by atoms with E-state index in [-0.39, 0.29) is 0 Å². The van der Waals surface area contributed by atoms with E-state index in [1.54, 1.807) is 0 Å². The topological polar surface area (TPSA) is 3.24 Å². The zero-order valence-corrected chi connectivity index (χ0v) is 7.14. The van der Waals surface area contributed by atoms with Crippen LogP contribution in [0.2, 0.25) is 0 Å². The molecule has 2 aliphatic rings. The summed E-state index contributed by atoms with van der Waals surface area (Å²) in [7, 11) is 0. The summed E-state index contributed by atoms with van der Waals surface area (Å²) in [6.45, 7) is 5.77. The van der Waals surface area contributed by atoms with Gasteiger partial charge in [0.1, 0.15) is 0 Å². The summed E-state index contributed by atoms with van der Waals surface area (Å²) >= 11 is 0. The molecule has 2 atom stereocenters. The molecule has 1 nitrogen and oxygen atoms in total. The second kappa shape index (κ2) is 2.87. The van der Waals surface area contributed by atoms with Gasteiger partial charge in [-0.25, -0.2) is 0 Å². The lowest BCUT2D eigenvalue weighted by atomic mass is 10.4. The van der Waals surface area contributed by atoms with Crippen LogP contribution >= 0.6 is 0 Å². The molecule has 1 aliphatic carbocycles. The first-order valence-electron chi connectivity index (χ1n) is 4.58. The molecule has 11 heavy (non-hydrogen) atoms.